The summed E-state index contributed by atoms with van der Waals surface area (Å²) < 4.78 is 0. The zero-order valence-electron chi connectivity index (χ0n) is 11.3. The van der Waals surface area contributed by atoms with Crippen LogP contribution in [0.5, 0.6) is 0 Å². The Hall–Kier alpha value is -2.18. The molecule has 0 fully saturated rings. The van der Waals surface area contributed by atoms with Gasteiger partial charge in [0.25, 0.3) is 11.6 Å². The molecular weight excluding hydrogens is 248 g/mol. The molecule has 7 heteroatoms. The minimum absolute atomic E-state index is 0.0691. The molecule has 1 aromatic rings. The molecule has 7 nitrogen and oxygen atoms in total. The lowest BCUT2D eigenvalue weighted by molar-refractivity contribution is -0.385. The van der Waals surface area contributed by atoms with Crippen LogP contribution in [0.4, 0.5) is 11.5 Å². The highest BCUT2D eigenvalue weighted by Gasteiger charge is 2.24. The second kappa shape index (κ2) is 6.67. The topological polar surface area (TPSA) is 88.4 Å². The van der Waals surface area contributed by atoms with E-state index in [9.17, 15) is 14.9 Å². The predicted octanol–water partition coefficient (Wildman–Crippen LogP) is 1.90. The summed E-state index contributed by atoms with van der Waals surface area (Å²) >= 11 is 0. The number of rotatable bonds is 6. The van der Waals surface area contributed by atoms with Gasteiger partial charge in [-0.2, -0.15) is 0 Å². The van der Waals surface area contributed by atoms with Gasteiger partial charge in [-0.15, -0.1) is 0 Å². The number of nitrogens with one attached hydrogen (secondary N) is 1. The quantitative estimate of drug-likeness (QED) is 0.627. The van der Waals surface area contributed by atoms with E-state index in [2.05, 4.69) is 10.3 Å². The Balaban J connectivity index is 3.21. The molecule has 1 amide bonds. The third-order valence-electron chi connectivity index (χ3n) is 2.73. The molecule has 0 saturated carbocycles. The van der Waals surface area contributed by atoms with Crippen molar-refractivity contribution in [3.8, 4) is 0 Å². The van der Waals surface area contributed by atoms with Crippen molar-refractivity contribution >= 4 is 17.4 Å². The molecular formula is C12H18N4O3. The molecule has 0 atom stereocenters. The van der Waals surface area contributed by atoms with Gasteiger partial charge in [-0.25, -0.2) is 4.98 Å². The third kappa shape index (κ3) is 3.40. The molecule has 19 heavy (non-hydrogen) atoms. The Morgan fingerprint density at radius 2 is 2.21 bits per heavy atom. The number of carbonyl (C=O) groups is 1. The maximum absolute atomic E-state index is 12.3. The van der Waals surface area contributed by atoms with Gasteiger partial charge in [0.2, 0.25) is 0 Å². The molecule has 1 rings (SSSR count). The fourth-order valence-electron chi connectivity index (χ4n) is 1.75. The number of carbonyl (C=O) groups excluding carboxylic acids is 1. The lowest BCUT2D eigenvalue weighted by Gasteiger charge is -2.20. The normalized spacial score (nSPS) is 10.1. The van der Waals surface area contributed by atoms with Crippen LogP contribution in [0.1, 0.15) is 30.6 Å². The molecule has 0 radical (unpaired) electrons. The Morgan fingerprint density at radius 1 is 1.53 bits per heavy atom. The summed E-state index contributed by atoms with van der Waals surface area (Å²) in [6, 6.07) is 1.42. The second-order valence-corrected chi connectivity index (χ2v) is 3.98. The number of hydrogen-bond acceptors (Lipinski definition) is 5. The van der Waals surface area contributed by atoms with Gasteiger partial charge in [-0.1, -0.05) is 6.92 Å². The number of amides is 1. The van der Waals surface area contributed by atoms with Crippen molar-refractivity contribution in [2.45, 2.75) is 20.3 Å². The van der Waals surface area contributed by atoms with Crippen LogP contribution in [0.15, 0.2) is 12.3 Å². The van der Waals surface area contributed by atoms with Crippen molar-refractivity contribution < 1.29 is 9.72 Å². The first kappa shape index (κ1) is 14.9. The summed E-state index contributed by atoms with van der Waals surface area (Å²) in [6.07, 6.45) is 1.91. The van der Waals surface area contributed by atoms with Crippen molar-refractivity contribution in [3.63, 3.8) is 0 Å². The fourth-order valence-corrected chi connectivity index (χ4v) is 1.75. The largest absolute Gasteiger partial charge is 0.373 e. The minimum atomic E-state index is -0.584. The van der Waals surface area contributed by atoms with Gasteiger partial charge in [0, 0.05) is 26.2 Å². The van der Waals surface area contributed by atoms with Crippen LogP contribution in [0.3, 0.4) is 0 Å². The molecule has 0 bridgehead atoms. The molecule has 104 valence electrons. The Kier molecular flexibility index (Phi) is 5.23. The van der Waals surface area contributed by atoms with Gasteiger partial charge < -0.3 is 10.2 Å². The molecule has 0 unspecified atom stereocenters. The first-order valence-corrected chi connectivity index (χ1v) is 6.16. The first-order valence-electron chi connectivity index (χ1n) is 6.16. The number of hydrogen-bond donors (Lipinski definition) is 1. The summed E-state index contributed by atoms with van der Waals surface area (Å²) in [7, 11) is 1.64. The first-order chi connectivity index (χ1) is 9.04. The van der Waals surface area contributed by atoms with Crippen LogP contribution >= 0.6 is 0 Å². The lowest BCUT2D eigenvalue weighted by Crippen LogP contribution is -2.32. The van der Waals surface area contributed by atoms with Gasteiger partial charge in [0.15, 0.2) is 0 Å². The highest BCUT2D eigenvalue weighted by Crippen LogP contribution is 2.22. The number of pyridine rings is 1. The van der Waals surface area contributed by atoms with E-state index < -0.39 is 4.92 Å². The highest BCUT2D eigenvalue weighted by molar-refractivity contribution is 5.98. The zero-order valence-corrected chi connectivity index (χ0v) is 11.3. The van der Waals surface area contributed by atoms with Crippen LogP contribution in [0.2, 0.25) is 0 Å². The predicted molar refractivity (Wildman–Crippen MR) is 72.3 cm³/mol. The van der Waals surface area contributed by atoms with Crippen molar-refractivity contribution in [2.75, 3.05) is 25.5 Å². The Labute approximate surface area is 111 Å². The van der Waals surface area contributed by atoms with Gasteiger partial charge in [0.05, 0.1) is 4.92 Å². The molecule has 0 aliphatic rings. The van der Waals surface area contributed by atoms with E-state index in [-0.39, 0.29) is 17.2 Å². The molecule has 0 saturated heterocycles. The van der Waals surface area contributed by atoms with Crippen LogP contribution in [0, 0.1) is 10.1 Å². The maximum atomic E-state index is 12.3. The molecule has 0 spiro atoms. The summed E-state index contributed by atoms with van der Waals surface area (Å²) in [5, 5.41) is 13.7. The summed E-state index contributed by atoms with van der Waals surface area (Å²) in [5.74, 6) is 0.0939. The SMILES string of the molecule is CCCN(CC)C(=O)c1cc(NC)ncc1[N+](=O)[O-]. The summed E-state index contributed by atoms with van der Waals surface area (Å²) in [4.78, 5) is 28.2. The molecule has 0 aliphatic heterocycles. The minimum Gasteiger partial charge on any atom is -0.373 e. The van der Waals surface area contributed by atoms with Gasteiger partial charge in [0.1, 0.15) is 17.6 Å². The van der Waals surface area contributed by atoms with Crippen LogP contribution in [-0.2, 0) is 0 Å². The van der Waals surface area contributed by atoms with Crippen LogP contribution in [-0.4, -0.2) is 40.9 Å². The highest BCUT2D eigenvalue weighted by atomic mass is 16.6. The van der Waals surface area contributed by atoms with Crippen molar-refractivity contribution in [3.05, 3.63) is 27.9 Å². The van der Waals surface area contributed by atoms with E-state index in [1.54, 1.807) is 11.9 Å². The van der Waals surface area contributed by atoms with Crippen LogP contribution in [0.25, 0.3) is 0 Å². The van der Waals surface area contributed by atoms with E-state index in [1.165, 1.54) is 6.07 Å². The average Bonchev–Trinajstić information content (AvgIpc) is 2.43. The molecule has 1 heterocycles. The van der Waals surface area contributed by atoms with Gasteiger partial charge in [-0.05, 0) is 13.3 Å². The standard InChI is InChI=1S/C12H18N4O3/c1-4-6-15(5-2)12(17)9-7-11(13-3)14-8-10(9)16(18)19/h7-8H,4-6H2,1-3H3,(H,13,14). The number of nitrogens with zero attached hydrogens (tertiary/aromatic N) is 3. The Bertz CT molecular complexity index is 476. The molecule has 0 aromatic carbocycles. The molecule has 1 N–H and O–H groups in total. The van der Waals surface area contributed by atoms with E-state index in [0.717, 1.165) is 12.6 Å². The Morgan fingerprint density at radius 3 is 2.68 bits per heavy atom. The van der Waals surface area contributed by atoms with Gasteiger partial charge >= 0.3 is 0 Å². The number of nitro groups is 1. The number of aromatic nitrogens is 1. The second-order valence-electron chi connectivity index (χ2n) is 3.98. The van der Waals surface area contributed by atoms with Crippen molar-refractivity contribution in [2.24, 2.45) is 0 Å². The van der Waals surface area contributed by atoms with E-state index in [0.29, 0.717) is 18.9 Å². The number of anilines is 1. The summed E-state index contributed by atoms with van der Waals surface area (Å²) in [5.41, 5.74) is -0.196. The maximum Gasteiger partial charge on any atom is 0.300 e. The third-order valence-corrected chi connectivity index (χ3v) is 2.73. The lowest BCUT2D eigenvalue weighted by atomic mass is 10.2. The zero-order chi connectivity index (χ0) is 14.4. The molecule has 1 aromatic heterocycles. The smallest absolute Gasteiger partial charge is 0.300 e. The van der Waals surface area contributed by atoms with Crippen LogP contribution < -0.4 is 5.32 Å². The molecule has 0 aliphatic carbocycles. The average molecular weight is 266 g/mol. The van der Waals surface area contributed by atoms with Gasteiger partial charge in [-0.3, -0.25) is 14.9 Å². The van der Waals surface area contributed by atoms with Crippen molar-refractivity contribution in [1.82, 2.24) is 9.88 Å². The van der Waals surface area contributed by atoms with E-state index >= 15 is 0 Å². The summed E-state index contributed by atoms with van der Waals surface area (Å²) in [6.45, 7) is 4.89. The van der Waals surface area contributed by atoms with E-state index in [1.807, 2.05) is 13.8 Å². The monoisotopic (exact) mass is 266 g/mol. The fraction of sp³-hybridized carbons (Fsp3) is 0.500. The van der Waals surface area contributed by atoms with Crippen molar-refractivity contribution in [1.29, 1.82) is 0 Å². The van der Waals surface area contributed by atoms with E-state index in [4.69, 9.17) is 0 Å².